The van der Waals surface area contributed by atoms with E-state index in [1.54, 1.807) is 12.3 Å². The van der Waals surface area contributed by atoms with Crippen molar-refractivity contribution < 1.29 is 14.9 Å². The lowest BCUT2D eigenvalue weighted by atomic mass is 10.2. The standard InChI is InChI=1S/C13H19N3O3/c1-15-3-5-16(6-4-15)14-9-10-7-11(17)13(18)12(8-10)19-2/h7-9,17-18H,3-6H2,1-2H3/b14-9+. The van der Waals surface area contributed by atoms with Crippen molar-refractivity contribution in [2.75, 3.05) is 40.3 Å². The van der Waals surface area contributed by atoms with Gasteiger partial charge in [-0.1, -0.05) is 0 Å². The van der Waals surface area contributed by atoms with Crippen LogP contribution >= 0.6 is 0 Å². The molecule has 1 fully saturated rings. The number of nitrogens with zero attached hydrogens (tertiary/aromatic N) is 3. The Balaban J connectivity index is 2.08. The molecule has 0 radical (unpaired) electrons. The zero-order valence-electron chi connectivity index (χ0n) is 11.2. The minimum Gasteiger partial charge on any atom is -0.504 e. The van der Waals surface area contributed by atoms with E-state index in [2.05, 4.69) is 17.0 Å². The van der Waals surface area contributed by atoms with Crippen LogP contribution in [0.4, 0.5) is 0 Å². The van der Waals surface area contributed by atoms with E-state index in [4.69, 9.17) is 4.74 Å². The van der Waals surface area contributed by atoms with Gasteiger partial charge >= 0.3 is 0 Å². The Morgan fingerprint density at radius 3 is 2.53 bits per heavy atom. The molecule has 0 aromatic heterocycles. The van der Waals surface area contributed by atoms with E-state index in [9.17, 15) is 10.2 Å². The maximum absolute atomic E-state index is 9.57. The molecule has 1 aliphatic rings. The molecule has 1 saturated heterocycles. The van der Waals surface area contributed by atoms with Crippen molar-refractivity contribution in [3.8, 4) is 17.2 Å². The van der Waals surface area contributed by atoms with Crippen LogP contribution in [0, 0.1) is 0 Å². The van der Waals surface area contributed by atoms with E-state index < -0.39 is 0 Å². The van der Waals surface area contributed by atoms with Gasteiger partial charge in [0.05, 0.1) is 13.3 Å². The fourth-order valence-electron chi connectivity index (χ4n) is 1.90. The Morgan fingerprint density at radius 1 is 1.21 bits per heavy atom. The van der Waals surface area contributed by atoms with Crippen LogP contribution in [0.3, 0.4) is 0 Å². The summed E-state index contributed by atoms with van der Waals surface area (Å²) in [5, 5.41) is 25.5. The summed E-state index contributed by atoms with van der Waals surface area (Å²) in [7, 11) is 3.53. The number of ether oxygens (including phenoxy) is 1. The zero-order chi connectivity index (χ0) is 13.8. The molecular formula is C13H19N3O3. The summed E-state index contributed by atoms with van der Waals surface area (Å²) in [5.74, 6) is -0.224. The topological polar surface area (TPSA) is 68.5 Å². The number of benzene rings is 1. The quantitative estimate of drug-likeness (QED) is 0.621. The summed E-state index contributed by atoms with van der Waals surface area (Å²) in [6.45, 7) is 3.74. The third-order valence-corrected chi connectivity index (χ3v) is 3.15. The summed E-state index contributed by atoms with van der Waals surface area (Å²) < 4.78 is 4.98. The number of aromatic hydroxyl groups is 2. The van der Waals surface area contributed by atoms with Crippen molar-refractivity contribution in [3.05, 3.63) is 17.7 Å². The summed E-state index contributed by atoms with van der Waals surface area (Å²) in [6.07, 6.45) is 1.66. The monoisotopic (exact) mass is 265 g/mol. The van der Waals surface area contributed by atoms with Gasteiger partial charge in [0.2, 0.25) is 5.75 Å². The molecule has 1 aromatic carbocycles. The van der Waals surface area contributed by atoms with Gasteiger partial charge in [-0.05, 0) is 19.2 Å². The molecule has 19 heavy (non-hydrogen) atoms. The second-order valence-corrected chi connectivity index (χ2v) is 4.59. The first-order valence-corrected chi connectivity index (χ1v) is 6.17. The normalized spacial score (nSPS) is 17.1. The summed E-state index contributed by atoms with van der Waals surface area (Å²) >= 11 is 0. The number of hydrogen-bond donors (Lipinski definition) is 2. The molecule has 0 spiro atoms. The Kier molecular flexibility index (Phi) is 4.11. The second kappa shape index (κ2) is 5.79. The first-order chi connectivity index (χ1) is 9.10. The highest BCUT2D eigenvalue weighted by Crippen LogP contribution is 2.35. The van der Waals surface area contributed by atoms with Crippen LogP contribution in [0.2, 0.25) is 0 Å². The predicted molar refractivity (Wildman–Crippen MR) is 73.0 cm³/mol. The summed E-state index contributed by atoms with van der Waals surface area (Å²) in [6, 6.07) is 3.09. The maximum Gasteiger partial charge on any atom is 0.200 e. The van der Waals surface area contributed by atoms with Crippen LogP contribution in [-0.4, -0.2) is 66.7 Å². The van der Waals surface area contributed by atoms with Crippen molar-refractivity contribution in [2.45, 2.75) is 0 Å². The fraction of sp³-hybridized carbons (Fsp3) is 0.462. The predicted octanol–water partition coefficient (Wildman–Crippen LogP) is 0.688. The van der Waals surface area contributed by atoms with E-state index in [1.165, 1.54) is 13.2 Å². The van der Waals surface area contributed by atoms with E-state index in [-0.39, 0.29) is 17.2 Å². The van der Waals surface area contributed by atoms with Crippen LogP contribution in [0.5, 0.6) is 17.2 Å². The lowest BCUT2D eigenvalue weighted by molar-refractivity contribution is 0.159. The number of likely N-dealkylation sites (N-methyl/N-ethyl adjacent to an activating group) is 1. The van der Waals surface area contributed by atoms with Crippen LogP contribution in [0.15, 0.2) is 17.2 Å². The first kappa shape index (κ1) is 13.5. The molecule has 0 aliphatic carbocycles. The molecule has 1 heterocycles. The van der Waals surface area contributed by atoms with Gasteiger partial charge in [0, 0.05) is 31.7 Å². The maximum atomic E-state index is 9.57. The molecule has 104 valence electrons. The first-order valence-electron chi connectivity index (χ1n) is 6.17. The molecule has 6 heteroatoms. The Bertz CT molecular complexity index is 468. The van der Waals surface area contributed by atoms with Gasteiger partial charge in [0.25, 0.3) is 0 Å². The molecule has 0 saturated carbocycles. The van der Waals surface area contributed by atoms with Crippen molar-refractivity contribution in [2.24, 2.45) is 5.10 Å². The summed E-state index contributed by atoms with van der Waals surface area (Å²) in [5.41, 5.74) is 0.686. The van der Waals surface area contributed by atoms with Gasteiger partial charge in [-0.3, -0.25) is 5.01 Å². The molecule has 0 bridgehead atoms. The van der Waals surface area contributed by atoms with Gasteiger partial charge in [0.1, 0.15) is 0 Å². The van der Waals surface area contributed by atoms with Crippen molar-refractivity contribution in [1.82, 2.24) is 9.91 Å². The second-order valence-electron chi connectivity index (χ2n) is 4.59. The minimum absolute atomic E-state index is 0.209. The molecule has 0 unspecified atom stereocenters. The van der Waals surface area contributed by atoms with E-state index in [1.807, 2.05) is 5.01 Å². The largest absolute Gasteiger partial charge is 0.504 e. The third-order valence-electron chi connectivity index (χ3n) is 3.15. The van der Waals surface area contributed by atoms with Gasteiger partial charge < -0.3 is 19.8 Å². The van der Waals surface area contributed by atoms with Crippen LogP contribution in [-0.2, 0) is 0 Å². The number of hydrogen-bond acceptors (Lipinski definition) is 6. The Hall–Kier alpha value is -1.95. The van der Waals surface area contributed by atoms with E-state index >= 15 is 0 Å². The SMILES string of the molecule is COc1cc(/C=N/N2CCN(C)CC2)cc(O)c1O. The molecule has 0 amide bonds. The van der Waals surface area contributed by atoms with E-state index in [0.717, 1.165) is 26.2 Å². The summed E-state index contributed by atoms with van der Waals surface area (Å²) in [4.78, 5) is 2.25. The molecule has 0 atom stereocenters. The molecule has 2 rings (SSSR count). The average Bonchev–Trinajstić information content (AvgIpc) is 2.41. The van der Waals surface area contributed by atoms with Gasteiger partial charge in [-0.25, -0.2) is 0 Å². The molecule has 6 nitrogen and oxygen atoms in total. The van der Waals surface area contributed by atoms with Gasteiger partial charge in [-0.2, -0.15) is 5.10 Å². The smallest absolute Gasteiger partial charge is 0.200 e. The van der Waals surface area contributed by atoms with Crippen molar-refractivity contribution in [1.29, 1.82) is 0 Å². The highest BCUT2D eigenvalue weighted by Gasteiger charge is 2.12. The average molecular weight is 265 g/mol. The molecule has 1 aliphatic heterocycles. The Labute approximate surface area is 112 Å². The number of methoxy groups -OCH3 is 1. The lowest BCUT2D eigenvalue weighted by Gasteiger charge is -2.30. The number of phenols is 2. The highest BCUT2D eigenvalue weighted by atomic mass is 16.5. The molecular weight excluding hydrogens is 246 g/mol. The van der Waals surface area contributed by atoms with E-state index in [0.29, 0.717) is 5.56 Å². The van der Waals surface area contributed by atoms with Crippen molar-refractivity contribution in [3.63, 3.8) is 0 Å². The molecule has 1 aromatic rings. The Morgan fingerprint density at radius 2 is 1.89 bits per heavy atom. The van der Waals surface area contributed by atoms with Crippen LogP contribution < -0.4 is 4.74 Å². The minimum atomic E-state index is -0.251. The number of phenolic OH excluding ortho intramolecular Hbond substituents is 2. The molecule has 2 N–H and O–H groups in total. The van der Waals surface area contributed by atoms with Crippen LogP contribution in [0.25, 0.3) is 0 Å². The van der Waals surface area contributed by atoms with Gasteiger partial charge in [-0.15, -0.1) is 0 Å². The number of rotatable bonds is 3. The fourth-order valence-corrected chi connectivity index (χ4v) is 1.90. The van der Waals surface area contributed by atoms with Crippen LogP contribution in [0.1, 0.15) is 5.56 Å². The number of piperazine rings is 1. The highest BCUT2D eigenvalue weighted by molar-refractivity contribution is 5.82. The van der Waals surface area contributed by atoms with Crippen molar-refractivity contribution >= 4 is 6.21 Å². The lowest BCUT2D eigenvalue weighted by Crippen LogP contribution is -2.41. The zero-order valence-corrected chi connectivity index (χ0v) is 11.2. The third kappa shape index (κ3) is 3.29. The number of hydrazone groups is 1. The van der Waals surface area contributed by atoms with Gasteiger partial charge in [0.15, 0.2) is 11.5 Å².